The van der Waals surface area contributed by atoms with Crippen molar-refractivity contribution in [2.24, 2.45) is 7.05 Å². The maximum atomic E-state index is 13.3. The number of hydrogen-bond acceptors (Lipinski definition) is 1. The zero-order valence-electron chi connectivity index (χ0n) is 14.1. The Kier molecular flexibility index (Phi) is 4.34. The van der Waals surface area contributed by atoms with Gasteiger partial charge in [-0.1, -0.05) is 56.3 Å². The lowest BCUT2D eigenvalue weighted by Crippen LogP contribution is -2.02. The summed E-state index contributed by atoms with van der Waals surface area (Å²) in [5, 5.41) is 0. The van der Waals surface area contributed by atoms with Gasteiger partial charge in [-0.2, -0.15) is 0 Å². The molecular weight excluding hydrogens is 301 g/mol. The Morgan fingerprint density at radius 2 is 1.58 bits per heavy atom. The molecule has 3 rings (SSSR count). The van der Waals surface area contributed by atoms with Gasteiger partial charge >= 0.3 is 0 Å². The highest BCUT2D eigenvalue weighted by Gasteiger charge is 2.24. The van der Waals surface area contributed by atoms with Gasteiger partial charge in [0.15, 0.2) is 6.29 Å². The van der Waals surface area contributed by atoms with E-state index in [2.05, 4.69) is 18.4 Å². The molecule has 0 N–H and O–H groups in total. The summed E-state index contributed by atoms with van der Waals surface area (Å²) in [5.74, 6) is -0.0838. The van der Waals surface area contributed by atoms with Crippen LogP contribution in [0.2, 0.25) is 0 Å². The Bertz CT molecular complexity index is 861. The van der Waals surface area contributed by atoms with E-state index in [0.717, 1.165) is 34.4 Å². The van der Waals surface area contributed by atoms with E-state index >= 15 is 0 Å². The van der Waals surface area contributed by atoms with Crippen LogP contribution < -0.4 is 0 Å². The molecule has 0 amide bonds. The van der Waals surface area contributed by atoms with Crippen LogP contribution in [-0.4, -0.2) is 10.9 Å². The number of hydrogen-bond donors (Lipinski definition) is 0. The maximum absolute atomic E-state index is 13.3. The van der Waals surface area contributed by atoms with E-state index in [4.69, 9.17) is 0 Å². The topological polar surface area (TPSA) is 22.0 Å². The fourth-order valence-corrected chi connectivity index (χ4v) is 3.38. The molecule has 0 aliphatic rings. The summed E-state index contributed by atoms with van der Waals surface area (Å²) in [6.45, 7) is 4.15. The number of nitrogens with zero attached hydrogens (tertiary/aromatic N) is 1. The molecule has 0 unspecified atom stereocenters. The van der Waals surface area contributed by atoms with Crippen molar-refractivity contribution in [2.75, 3.05) is 0 Å². The monoisotopic (exact) mass is 321 g/mol. The predicted octanol–water partition coefficient (Wildman–Crippen LogP) is 5.43. The minimum atomic E-state index is -0.285. The van der Waals surface area contributed by atoms with Gasteiger partial charge < -0.3 is 4.57 Å². The third-order valence-electron chi connectivity index (χ3n) is 4.32. The van der Waals surface area contributed by atoms with Gasteiger partial charge in [-0.15, -0.1) is 0 Å². The van der Waals surface area contributed by atoms with Gasteiger partial charge in [-0.25, -0.2) is 4.39 Å². The Balaban J connectivity index is 2.39. The summed E-state index contributed by atoms with van der Waals surface area (Å²) in [6.07, 6.45) is 0.917. The Morgan fingerprint density at radius 1 is 0.958 bits per heavy atom. The van der Waals surface area contributed by atoms with Gasteiger partial charge in [0.05, 0.1) is 5.69 Å². The standard InChI is InChI=1S/C21H20FNO/c1-14(2)20-18(13-24)19(15-9-11-17(22)12-10-15)21(23(20)3)16-7-5-4-6-8-16/h4-14H,1-3H3. The van der Waals surface area contributed by atoms with Crippen molar-refractivity contribution in [3.8, 4) is 22.4 Å². The SMILES string of the molecule is CC(C)c1c(C=O)c(-c2ccc(F)cc2)c(-c2ccccc2)n1C. The molecule has 0 spiro atoms. The van der Waals surface area contributed by atoms with Crippen LogP contribution in [-0.2, 0) is 7.05 Å². The molecule has 0 saturated carbocycles. The molecule has 2 aromatic carbocycles. The first-order valence-electron chi connectivity index (χ1n) is 8.03. The van der Waals surface area contributed by atoms with Crippen molar-refractivity contribution in [1.82, 2.24) is 4.57 Å². The van der Waals surface area contributed by atoms with Crippen LogP contribution in [0.5, 0.6) is 0 Å². The van der Waals surface area contributed by atoms with Crippen molar-refractivity contribution in [1.29, 1.82) is 0 Å². The van der Waals surface area contributed by atoms with E-state index in [1.54, 1.807) is 12.1 Å². The molecule has 0 fully saturated rings. The van der Waals surface area contributed by atoms with Gasteiger partial charge in [0, 0.05) is 23.9 Å². The third-order valence-corrected chi connectivity index (χ3v) is 4.32. The van der Waals surface area contributed by atoms with E-state index < -0.39 is 0 Å². The summed E-state index contributed by atoms with van der Waals surface area (Å²) in [6, 6.07) is 16.3. The average Bonchev–Trinajstić information content (AvgIpc) is 2.89. The fraction of sp³-hybridized carbons (Fsp3) is 0.190. The minimum absolute atomic E-state index is 0.201. The lowest BCUT2D eigenvalue weighted by Gasteiger charge is -2.11. The summed E-state index contributed by atoms with van der Waals surface area (Å²) in [7, 11) is 1.98. The number of halogens is 1. The van der Waals surface area contributed by atoms with Gasteiger partial charge in [0.1, 0.15) is 5.82 Å². The van der Waals surface area contributed by atoms with Gasteiger partial charge in [-0.3, -0.25) is 4.79 Å². The van der Waals surface area contributed by atoms with Gasteiger partial charge in [0.25, 0.3) is 0 Å². The molecule has 0 bridgehead atoms. The first kappa shape index (κ1) is 16.2. The number of carbonyl (C=O) groups excluding carboxylic acids is 1. The molecule has 1 heterocycles. The zero-order valence-corrected chi connectivity index (χ0v) is 14.1. The lowest BCUT2D eigenvalue weighted by atomic mass is 9.95. The van der Waals surface area contributed by atoms with E-state index in [0.29, 0.717) is 5.56 Å². The predicted molar refractivity (Wildman–Crippen MR) is 95.7 cm³/mol. The maximum Gasteiger partial charge on any atom is 0.152 e. The van der Waals surface area contributed by atoms with Crippen LogP contribution in [0.3, 0.4) is 0 Å². The largest absolute Gasteiger partial charge is 0.346 e. The first-order chi connectivity index (χ1) is 11.5. The van der Waals surface area contributed by atoms with Crippen molar-refractivity contribution >= 4 is 6.29 Å². The quantitative estimate of drug-likeness (QED) is 0.587. The van der Waals surface area contributed by atoms with Gasteiger partial charge in [0.2, 0.25) is 0 Å². The molecule has 0 aliphatic carbocycles. The van der Waals surface area contributed by atoms with Crippen molar-refractivity contribution in [3.05, 3.63) is 71.7 Å². The molecular formula is C21H20FNO. The van der Waals surface area contributed by atoms with Crippen LogP contribution >= 0.6 is 0 Å². The summed E-state index contributed by atoms with van der Waals surface area (Å²) >= 11 is 0. The van der Waals surface area contributed by atoms with Crippen LogP contribution in [0.1, 0.15) is 35.8 Å². The zero-order chi connectivity index (χ0) is 17.3. The van der Waals surface area contributed by atoms with Crippen molar-refractivity contribution in [3.63, 3.8) is 0 Å². The smallest absolute Gasteiger partial charge is 0.152 e. The van der Waals surface area contributed by atoms with Crippen molar-refractivity contribution in [2.45, 2.75) is 19.8 Å². The second-order valence-corrected chi connectivity index (χ2v) is 6.23. The van der Waals surface area contributed by atoms with Gasteiger partial charge in [-0.05, 0) is 29.2 Å². The molecule has 0 radical (unpaired) electrons. The minimum Gasteiger partial charge on any atom is -0.346 e. The Labute approximate surface area is 141 Å². The highest BCUT2D eigenvalue weighted by molar-refractivity contribution is 5.97. The molecule has 24 heavy (non-hydrogen) atoms. The van der Waals surface area contributed by atoms with Crippen LogP contribution in [0.4, 0.5) is 4.39 Å². The number of rotatable bonds is 4. The first-order valence-corrected chi connectivity index (χ1v) is 8.03. The second-order valence-electron chi connectivity index (χ2n) is 6.23. The fourth-order valence-electron chi connectivity index (χ4n) is 3.38. The highest BCUT2D eigenvalue weighted by atomic mass is 19.1. The molecule has 0 aliphatic heterocycles. The summed E-state index contributed by atoms with van der Waals surface area (Å²) < 4.78 is 15.4. The van der Waals surface area contributed by atoms with E-state index in [1.165, 1.54) is 12.1 Å². The molecule has 3 aromatic rings. The van der Waals surface area contributed by atoms with E-state index in [-0.39, 0.29) is 11.7 Å². The number of benzene rings is 2. The molecule has 1 aromatic heterocycles. The molecule has 0 atom stereocenters. The summed E-state index contributed by atoms with van der Waals surface area (Å²) in [4.78, 5) is 11.9. The summed E-state index contributed by atoms with van der Waals surface area (Å²) in [5.41, 5.74) is 5.39. The van der Waals surface area contributed by atoms with Crippen LogP contribution in [0.15, 0.2) is 54.6 Å². The Hall–Kier alpha value is -2.68. The molecule has 3 heteroatoms. The highest BCUT2D eigenvalue weighted by Crippen LogP contribution is 2.40. The third kappa shape index (κ3) is 2.67. The average molecular weight is 321 g/mol. The van der Waals surface area contributed by atoms with E-state index in [1.807, 2.05) is 37.4 Å². The lowest BCUT2D eigenvalue weighted by molar-refractivity contribution is 0.112. The van der Waals surface area contributed by atoms with E-state index in [9.17, 15) is 9.18 Å². The number of aromatic nitrogens is 1. The molecule has 0 saturated heterocycles. The molecule has 2 nitrogen and oxygen atoms in total. The Morgan fingerprint density at radius 3 is 2.12 bits per heavy atom. The second kappa shape index (κ2) is 6.44. The number of aldehydes is 1. The van der Waals surface area contributed by atoms with Crippen molar-refractivity contribution < 1.29 is 9.18 Å². The normalized spacial score (nSPS) is 11.0. The van der Waals surface area contributed by atoms with Crippen LogP contribution in [0, 0.1) is 5.82 Å². The number of carbonyl (C=O) groups is 1. The molecule has 122 valence electrons. The van der Waals surface area contributed by atoms with Crippen LogP contribution in [0.25, 0.3) is 22.4 Å².